The number of carbonyl (C=O) groups is 2. The summed E-state index contributed by atoms with van der Waals surface area (Å²) in [7, 11) is 1.63. The Bertz CT molecular complexity index is 906. The minimum absolute atomic E-state index is 0.196. The third kappa shape index (κ3) is 6.02. The summed E-state index contributed by atoms with van der Waals surface area (Å²) < 4.78 is 12.5. The fourth-order valence-electron chi connectivity index (χ4n) is 3.15. The second kappa shape index (κ2) is 8.81. The molecule has 0 radical (unpaired) electrons. The lowest BCUT2D eigenvalue weighted by molar-refractivity contribution is 0.0509. The van der Waals surface area contributed by atoms with Gasteiger partial charge in [-0.2, -0.15) is 0 Å². The van der Waals surface area contributed by atoms with Crippen LogP contribution in [0.25, 0.3) is 5.69 Å². The van der Waals surface area contributed by atoms with Crippen LogP contribution in [0.2, 0.25) is 0 Å². The van der Waals surface area contributed by atoms with Crippen LogP contribution >= 0.6 is 0 Å². The minimum Gasteiger partial charge on any atom is -0.497 e. The van der Waals surface area contributed by atoms with Gasteiger partial charge in [0.25, 0.3) is 5.91 Å². The van der Waals surface area contributed by atoms with E-state index in [2.05, 4.69) is 10.6 Å². The van der Waals surface area contributed by atoms with Crippen molar-refractivity contribution >= 4 is 12.0 Å². The van der Waals surface area contributed by atoms with Gasteiger partial charge in [-0.3, -0.25) is 4.79 Å². The van der Waals surface area contributed by atoms with Crippen molar-refractivity contribution in [3.05, 3.63) is 47.3 Å². The van der Waals surface area contributed by atoms with Gasteiger partial charge < -0.3 is 24.7 Å². The quantitative estimate of drug-likeness (QED) is 0.743. The molecule has 0 aliphatic heterocycles. The highest BCUT2D eigenvalue weighted by Crippen LogP contribution is 2.23. The molecule has 0 fully saturated rings. The smallest absolute Gasteiger partial charge is 0.407 e. The van der Waals surface area contributed by atoms with Gasteiger partial charge in [0.2, 0.25) is 0 Å². The number of nitrogens with zero attached hydrogens (tertiary/aromatic N) is 1. The largest absolute Gasteiger partial charge is 0.497 e. The molecule has 2 rings (SSSR count). The average Bonchev–Trinajstić information content (AvgIpc) is 2.93. The number of hydrogen-bond donors (Lipinski definition) is 2. The second-order valence-electron chi connectivity index (χ2n) is 9.01. The van der Waals surface area contributed by atoms with E-state index in [0.29, 0.717) is 5.56 Å². The zero-order chi connectivity index (χ0) is 22.7. The van der Waals surface area contributed by atoms with Crippen LogP contribution in [0, 0.1) is 13.8 Å². The summed E-state index contributed by atoms with van der Waals surface area (Å²) in [4.78, 5) is 24.9. The summed E-state index contributed by atoms with van der Waals surface area (Å²) >= 11 is 0. The molecule has 1 heterocycles. The Kier molecular flexibility index (Phi) is 6.85. The van der Waals surface area contributed by atoms with E-state index < -0.39 is 17.2 Å². The normalized spacial score (nSPS) is 11.7. The maximum atomic E-state index is 13.0. The zero-order valence-corrected chi connectivity index (χ0v) is 19.2. The average molecular weight is 416 g/mol. The molecule has 2 amide bonds. The molecule has 1 aromatic heterocycles. The Morgan fingerprint density at radius 1 is 1.03 bits per heavy atom. The van der Waals surface area contributed by atoms with Crippen molar-refractivity contribution in [3.63, 3.8) is 0 Å². The number of alkyl carbamates (subject to hydrolysis) is 1. The van der Waals surface area contributed by atoms with Crippen LogP contribution in [-0.2, 0) is 4.74 Å². The maximum absolute atomic E-state index is 13.0. The van der Waals surface area contributed by atoms with Gasteiger partial charge in [-0.1, -0.05) is 0 Å². The van der Waals surface area contributed by atoms with Crippen molar-refractivity contribution in [2.75, 3.05) is 13.7 Å². The lowest BCUT2D eigenvalue weighted by Gasteiger charge is -2.28. The van der Waals surface area contributed by atoms with E-state index >= 15 is 0 Å². The predicted molar refractivity (Wildman–Crippen MR) is 118 cm³/mol. The Morgan fingerprint density at radius 2 is 1.63 bits per heavy atom. The number of amides is 2. The molecule has 0 aliphatic rings. The van der Waals surface area contributed by atoms with Gasteiger partial charge in [0.15, 0.2) is 0 Å². The number of methoxy groups -OCH3 is 1. The number of carbonyl (C=O) groups excluding carboxylic acids is 2. The van der Waals surface area contributed by atoms with Crippen LogP contribution in [-0.4, -0.2) is 41.4 Å². The molecular formula is C23H33N3O4. The van der Waals surface area contributed by atoms with Crippen molar-refractivity contribution in [3.8, 4) is 11.4 Å². The lowest BCUT2D eigenvalue weighted by Crippen LogP contribution is -2.52. The number of nitrogens with one attached hydrogen (secondary N) is 2. The first-order valence-corrected chi connectivity index (χ1v) is 9.96. The van der Waals surface area contributed by atoms with Crippen LogP contribution in [0.5, 0.6) is 5.75 Å². The molecule has 1 aromatic carbocycles. The molecule has 0 unspecified atom stereocenters. The first-order valence-electron chi connectivity index (χ1n) is 9.96. The topological polar surface area (TPSA) is 81.6 Å². The molecule has 2 N–H and O–H groups in total. The van der Waals surface area contributed by atoms with Crippen molar-refractivity contribution in [2.24, 2.45) is 0 Å². The Labute approximate surface area is 178 Å². The molecular weight excluding hydrogens is 382 g/mol. The van der Waals surface area contributed by atoms with Gasteiger partial charge in [0, 0.05) is 23.6 Å². The summed E-state index contributed by atoms with van der Waals surface area (Å²) in [5.41, 5.74) is 2.11. The molecule has 0 atom stereocenters. The van der Waals surface area contributed by atoms with E-state index in [-0.39, 0.29) is 12.5 Å². The second-order valence-corrected chi connectivity index (χ2v) is 9.01. The van der Waals surface area contributed by atoms with Crippen molar-refractivity contribution in [1.29, 1.82) is 0 Å². The minimum atomic E-state index is -0.656. The van der Waals surface area contributed by atoms with E-state index in [9.17, 15) is 9.59 Å². The fraction of sp³-hybridized carbons (Fsp3) is 0.478. The first-order chi connectivity index (χ1) is 13.8. The molecule has 7 nitrogen and oxygen atoms in total. The molecule has 164 valence electrons. The van der Waals surface area contributed by atoms with E-state index in [4.69, 9.17) is 9.47 Å². The molecule has 0 saturated carbocycles. The Balaban J connectivity index is 2.12. The highest BCUT2D eigenvalue weighted by Gasteiger charge is 2.26. The molecule has 2 aromatic rings. The summed E-state index contributed by atoms with van der Waals surface area (Å²) in [6, 6.07) is 9.55. The summed E-state index contributed by atoms with van der Waals surface area (Å²) in [5, 5.41) is 5.71. The van der Waals surface area contributed by atoms with Crippen LogP contribution in [0.3, 0.4) is 0 Å². The molecule has 7 heteroatoms. The number of aromatic nitrogens is 1. The van der Waals surface area contributed by atoms with E-state index in [1.807, 2.05) is 62.6 Å². The van der Waals surface area contributed by atoms with E-state index in [0.717, 1.165) is 22.8 Å². The molecule has 0 aliphatic carbocycles. The highest BCUT2D eigenvalue weighted by atomic mass is 16.6. The lowest BCUT2D eigenvalue weighted by atomic mass is 10.0. The molecule has 0 saturated heterocycles. The van der Waals surface area contributed by atoms with Crippen molar-refractivity contribution < 1.29 is 19.1 Å². The van der Waals surface area contributed by atoms with Crippen LogP contribution < -0.4 is 15.4 Å². The van der Waals surface area contributed by atoms with E-state index in [1.165, 1.54) is 0 Å². The summed E-state index contributed by atoms with van der Waals surface area (Å²) in [6.45, 7) is 13.2. The number of rotatable bonds is 6. The van der Waals surface area contributed by atoms with Crippen LogP contribution in [0.4, 0.5) is 4.79 Å². The van der Waals surface area contributed by atoms with Gasteiger partial charge >= 0.3 is 6.09 Å². The monoisotopic (exact) mass is 415 g/mol. The SMILES string of the molecule is COc1ccc(-n2c(C)cc(C(=O)NC(C)(C)CNC(=O)OC(C)(C)C)c2C)cc1. The van der Waals surface area contributed by atoms with Crippen LogP contribution in [0.15, 0.2) is 30.3 Å². The standard InChI is InChI=1S/C23H33N3O4/c1-15-13-19(16(2)26(15)17-9-11-18(29-8)12-10-17)20(27)25-23(6,7)14-24-21(28)30-22(3,4)5/h9-13H,14H2,1-8H3,(H,24,28)(H,25,27). The fourth-order valence-corrected chi connectivity index (χ4v) is 3.15. The highest BCUT2D eigenvalue weighted by molar-refractivity contribution is 5.96. The van der Waals surface area contributed by atoms with Crippen molar-refractivity contribution in [1.82, 2.24) is 15.2 Å². The van der Waals surface area contributed by atoms with Crippen LogP contribution in [0.1, 0.15) is 56.4 Å². The van der Waals surface area contributed by atoms with Gasteiger partial charge in [-0.25, -0.2) is 4.79 Å². The predicted octanol–water partition coefficient (Wildman–Crippen LogP) is 4.14. The summed E-state index contributed by atoms with van der Waals surface area (Å²) in [5.74, 6) is 0.581. The molecule has 0 spiro atoms. The molecule has 0 bridgehead atoms. The Hall–Kier alpha value is -2.96. The zero-order valence-electron chi connectivity index (χ0n) is 19.2. The summed E-state index contributed by atoms with van der Waals surface area (Å²) in [6.07, 6.45) is -0.512. The number of hydrogen-bond acceptors (Lipinski definition) is 4. The maximum Gasteiger partial charge on any atom is 0.407 e. The number of aryl methyl sites for hydroxylation is 1. The number of ether oxygens (including phenoxy) is 2. The van der Waals surface area contributed by atoms with Gasteiger partial charge in [0.05, 0.1) is 18.2 Å². The third-order valence-electron chi connectivity index (χ3n) is 4.53. The Morgan fingerprint density at radius 3 is 2.17 bits per heavy atom. The van der Waals surface area contributed by atoms with E-state index in [1.54, 1.807) is 27.9 Å². The molecule has 30 heavy (non-hydrogen) atoms. The van der Waals surface area contributed by atoms with Crippen molar-refractivity contribution in [2.45, 2.75) is 59.6 Å². The first kappa shape index (κ1) is 23.3. The van der Waals surface area contributed by atoms with Gasteiger partial charge in [-0.05, 0) is 78.8 Å². The third-order valence-corrected chi connectivity index (χ3v) is 4.53. The van der Waals surface area contributed by atoms with Gasteiger partial charge in [0.1, 0.15) is 11.4 Å². The van der Waals surface area contributed by atoms with Gasteiger partial charge in [-0.15, -0.1) is 0 Å². The number of benzene rings is 1.